The van der Waals surface area contributed by atoms with Gasteiger partial charge in [0.15, 0.2) is 0 Å². The quantitative estimate of drug-likeness (QED) is 0.561. The zero-order valence-corrected chi connectivity index (χ0v) is 11.2. The van der Waals surface area contributed by atoms with E-state index in [-0.39, 0.29) is 0 Å². The number of hydrogen-bond acceptors (Lipinski definition) is 3. The second-order valence-corrected chi connectivity index (χ2v) is 4.73. The molecule has 21 heavy (non-hydrogen) atoms. The van der Waals surface area contributed by atoms with E-state index in [1.165, 1.54) is 6.33 Å². The van der Waals surface area contributed by atoms with Crippen LogP contribution in [0.15, 0.2) is 73.1 Å². The van der Waals surface area contributed by atoms with E-state index in [1.54, 1.807) is 4.52 Å². The molecule has 2 heterocycles. The van der Waals surface area contributed by atoms with Gasteiger partial charge in [0, 0.05) is 11.1 Å². The van der Waals surface area contributed by atoms with E-state index < -0.39 is 0 Å². The lowest BCUT2D eigenvalue weighted by molar-refractivity contribution is 0.949. The van der Waals surface area contributed by atoms with Gasteiger partial charge >= 0.3 is 0 Å². The van der Waals surface area contributed by atoms with Gasteiger partial charge in [-0.05, 0) is 6.07 Å². The van der Waals surface area contributed by atoms with Crippen molar-refractivity contribution >= 4 is 5.78 Å². The summed E-state index contributed by atoms with van der Waals surface area (Å²) in [6, 6.07) is 22.3. The van der Waals surface area contributed by atoms with E-state index in [2.05, 4.69) is 27.2 Å². The van der Waals surface area contributed by atoms with Gasteiger partial charge in [0.25, 0.3) is 5.78 Å². The molecule has 4 heteroatoms. The van der Waals surface area contributed by atoms with Gasteiger partial charge in [-0.1, -0.05) is 60.7 Å². The maximum Gasteiger partial charge on any atom is 0.253 e. The van der Waals surface area contributed by atoms with Gasteiger partial charge in [-0.3, -0.25) is 0 Å². The third-order valence-corrected chi connectivity index (χ3v) is 3.39. The summed E-state index contributed by atoms with van der Waals surface area (Å²) < 4.78 is 1.77. The molecule has 0 fully saturated rings. The molecule has 4 rings (SSSR count). The molecule has 0 unspecified atom stereocenters. The molecule has 4 nitrogen and oxygen atoms in total. The predicted molar refractivity (Wildman–Crippen MR) is 81.7 cm³/mol. The Bertz CT molecular complexity index is 882. The topological polar surface area (TPSA) is 43.1 Å². The first-order valence-corrected chi connectivity index (χ1v) is 6.73. The van der Waals surface area contributed by atoms with Gasteiger partial charge in [-0.2, -0.15) is 14.6 Å². The number of benzene rings is 2. The third-order valence-electron chi connectivity index (χ3n) is 3.39. The van der Waals surface area contributed by atoms with Gasteiger partial charge in [-0.15, -0.1) is 0 Å². The summed E-state index contributed by atoms with van der Waals surface area (Å²) in [5.74, 6) is 0.607. The third kappa shape index (κ3) is 2.07. The van der Waals surface area contributed by atoms with Crippen LogP contribution in [0.1, 0.15) is 0 Å². The highest BCUT2D eigenvalue weighted by molar-refractivity contribution is 5.70. The summed E-state index contributed by atoms with van der Waals surface area (Å²) in [6.07, 6.45) is 1.53. The molecule has 0 spiro atoms. The smallest absolute Gasteiger partial charge is 0.211 e. The van der Waals surface area contributed by atoms with Crippen LogP contribution in [0.3, 0.4) is 0 Å². The van der Waals surface area contributed by atoms with Gasteiger partial charge in [0.1, 0.15) is 6.33 Å². The summed E-state index contributed by atoms with van der Waals surface area (Å²) in [4.78, 5) is 8.81. The van der Waals surface area contributed by atoms with Gasteiger partial charge in [0.2, 0.25) is 0 Å². The molecule has 0 atom stereocenters. The van der Waals surface area contributed by atoms with Crippen molar-refractivity contribution in [3.05, 3.63) is 73.1 Å². The monoisotopic (exact) mass is 272 g/mol. The fourth-order valence-electron chi connectivity index (χ4n) is 2.38. The Balaban J connectivity index is 2.00. The molecule has 100 valence electrons. The maximum absolute atomic E-state index is 4.58. The summed E-state index contributed by atoms with van der Waals surface area (Å²) in [6.45, 7) is 0. The normalized spacial score (nSPS) is 10.9. The number of rotatable bonds is 2. The number of aromatic nitrogens is 4. The second kappa shape index (κ2) is 4.83. The highest BCUT2D eigenvalue weighted by Gasteiger charge is 2.10. The molecule has 0 aliphatic rings. The van der Waals surface area contributed by atoms with Crippen molar-refractivity contribution in [2.24, 2.45) is 0 Å². The molecule has 0 bridgehead atoms. The van der Waals surface area contributed by atoms with Crippen LogP contribution in [0.2, 0.25) is 0 Å². The lowest BCUT2D eigenvalue weighted by Gasteiger charge is -2.07. The van der Waals surface area contributed by atoms with Crippen molar-refractivity contribution < 1.29 is 0 Å². The summed E-state index contributed by atoms with van der Waals surface area (Å²) in [5.41, 5.74) is 4.04. The molecule has 0 amide bonds. The van der Waals surface area contributed by atoms with Crippen molar-refractivity contribution in [3.8, 4) is 22.5 Å². The minimum atomic E-state index is 0.607. The first-order valence-electron chi connectivity index (χ1n) is 6.73. The van der Waals surface area contributed by atoms with Crippen LogP contribution in [0, 0.1) is 0 Å². The average molecular weight is 272 g/mol. The van der Waals surface area contributed by atoms with Crippen LogP contribution in [0.5, 0.6) is 0 Å². The SMILES string of the molecule is c1ccc(-c2cc(-c3ccccc3)n3ncnc3n2)cc1. The van der Waals surface area contributed by atoms with Crippen LogP contribution < -0.4 is 0 Å². The molecular formula is C17H12N4. The fourth-order valence-corrected chi connectivity index (χ4v) is 2.38. The van der Waals surface area contributed by atoms with Crippen LogP contribution in [-0.2, 0) is 0 Å². The minimum absolute atomic E-state index is 0.607. The zero-order chi connectivity index (χ0) is 14.1. The lowest BCUT2D eigenvalue weighted by Crippen LogP contribution is -1.98. The number of hydrogen-bond donors (Lipinski definition) is 0. The van der Waals surface area contributed by atoms with E-state index in [4.69, 9.17) is 0 Å². The van der Waals surface area contributed by atoms with E-state index in [0.29, 0.717) is 5.78 Å². The highest BCUT2D eigenvalue weighted by Crippen LogP contribution is 2.25. The standard InChI is InChI=1S/C17H12N4/c1-3-7-13(8-4-1)15-11-16(14-9-5-2-6-10-14)21-17(20-15)18-12-19-21/h1-12H. The van der Waals surface area contributed by atoms with Crippen molar-refractivity contribution in [1.82, 2.24) is 19.6 Å². The molecule has 0 N–H and O–H groups in total. The number of fused-ring (bicyclic) bond motifs is 1. The van der Waals surface area contributed by atoms with Gasteiger partial charge < -0.3 is 0 Å². The first kappa shape index (κ1) is 11.8. The van der Waals surface area contributed by atoms with Crippen LogP contribution in [0.25, 0.3) is 28.3 Å². The minimum Gasteiger partial charge on any atom is -0.211 e. The first-order chi connectivity index (χ1) is 10.4. The Morgan fingerprint density at radius 2 is 1.43 bits per heavy atom. The Kier molecular flexibility index (Phi) is 2.71. The second-order valence-electron chi connectivity index (χ2n) is 4.73. The Labute approximate surface area is 121 Å². The Morgan fingerprint density at radius 3 is 2.14 bits per heavy atom. The van der Waals surface area contributed by atoms with Crippen molar-refractivity contribution in [3.63, 3.8) is 0 Å². The predicted octanol–water partition coefficient (Wildman–Crippen LogP) is 3.46. The van der Waals surface area contributed by atoms with Crippen molar-refractivity contribution in [2.75, 3.05) is 0 Å². The van der Waals surface area contributed by atoms with Crippen LogP contribution in [-0.4, -0.2) is 19.6 Å². The van der Waals surface area contributed by atoms with Crippen molar-refractivity contribution in [2.45, 2.75) is 0 Å². The highest BCUT2D eigenvalue weighted by atomic mass is 15.3. The van der Waals surface area contributed by atoms with E-state index >= 15 is 0 Å². The molecular weight excluding hydrogens is 260 g/mol. The maximum atomic E-state index is 4.58. The largest absolute Gasteiger partial charge is 0.253 e. The lowest BCUT2D eigenvalue weighted by atomic mass is 10.1. The molecule has 0 saturated carbocycles. The van der Waals surface area contributed by atoms with E-state index in [9.17, 15) is 0 Å². The molecule has 0 aliphatic carbocycles. The Morgan fingerprint density at radius 1 is 0.762 bits per heavy atom. The van der Waals surface area contributed by atoms with Gasteiger partial charge in [0.05, 0.1) is 11.4 Å². The van der Waals surface area contributed by atoms with Crippen molar-refractivity contribution in [1.29, 1.82) is 0 Å². The van der Waals surface area contributed by atoms with E-state index in [0.717, 1.165) is 22.5 Å². The molecule has 0 aliphatic heterocycles. The van der Waals surface area contributed by atoms with Gasteiger partial charge in [-0.25, -0.2) is 4.98 Å². The summed E-state index contributed by atoms with van der Waals surface area (Å²) >= 11 is 0. The molecule has 2 aromatic carbocycles. The molecule has 0 radical (unpaired) electrons. The molecule has 4 aromatic rings. The summed E-state index contributed by atoms with van der Waals surface area (Å²) in [5, 5.41) is 4.27. The van der Waals surface area contributed by atoms with E-state index in [1.807, 2.05) is 54.6 Å². The molecule has 0 saturated heterocycles. The fraction of sp³-hybridized carbons (Fsp3) is 0. The zero-order valence-electron chi connectivity index (χ0n) is 11.2. The molecule has 2 aromatic heterocycles. The summed E-state index contributed by atoms with van der Waals surface area (Å²) in [7, 11) is 0. The van der Waals surface area contributed by atoms with Crippen LogP contribution in [0.4, 0.5) is 0 Å². The average Bonchev–Trinajstić information content (AvgIpc) is 3.04. The van der Waals surface area contributed by atoms with Crippen LogP contribution >= 0.6 is 0 Å². The Hall–Kier alpha value is -3.01. The number of nitrogens with zero attached hydrogens (tertiary/aromatic N) is 4.